The van der Waals surface area contributed by atoms with E-state index in [-0.39, 0.29) is 17.2 Å². The number of phenolic OH excluding ortho intramolecular Hbond substituents is 2. The zero-order chi connectivity index (χ0) is 11.5. The molecular weight excluding hydrogens is 206 g/mol. The summed E-state index contributed by atoms with van der Waals surface area (Å²) in [7, 11) is 1.43. The predicted molar refractivity (Wildman–Crippen MR) is 57.9 cm³/mol. The van der Waals surface area contributed by atoms with E-state index >= 15 is 0 Å². The molecule has 2 N–H and O–H groups in total. The Balaban J connectivity index is 2.55. The molecule has 0 saturated carbocycles. The van der Waals surface area contributed by atoms with Crippen molar-refractivity contribution in [2.45, 2.75) is 0 Å². The van der Waals surface area contributed by atoms with Crippen LogP contribution in [0, 0.1) is 0 Å². The van der Waals surface area contributed by atoms with Gasteiger partial charge in [0.05, 0.1) is 13.2 Å². The lowest BCUT2D eigenvalue weighted by Gasteiger charge is -2.05. The summed E-state index contributed by atoms with van der Waals surface area (Å²) in [6, 6.07) is 8.37. The van der Waals surface area contributed by atoms with Gasteiger partial charge >= 0.3 is 0 Å². The maximum absolute atomic E-state index is 9.79. The van der Waals surface area contributed by atoms with Crippen molar-refractivity contribution in [3.05, 3.63) is 42.7 Å². The van der Waals surface area contributed by atoms with E-state index in [0.29, 0.717) is 5.69 Å². The summed E-state index contributed by atoms with van der Waals surface area (Å²) in [6.45, 7) is 0. The van der Waals surface area contributed by atoms with Gasteiger partial charge in [-0.05, 0) is 0 Å². The highest BCUT2D eigenvalue weighted by molar-refractivity contribution is 5.52. The lowest BCUT2D eigenvalue weighted by molar-refractivity contribution is -0.596. The van der Waals surface area contributed by atoms with Gasteiger partial charge in [0.25, 0.3) is 5.69 Å². The van der Waals surface area contributed by atoms with E-state index in [1.54, 1.807) is 17.0 Å². The van der Waals surface area contributed by atoms with Gasteiger partial charge in [0.15, 0.2) is 29.6 Å². The predicted octanol–water partition coefficient (Wildman–Crippen LogP) is 1.38. The van der Waals surface area contributed by atoms with Crippen LogP contribution in [0.25, 0.3) is 5.69 Å². The lowest BCUT2D eigenvalue weighted by Crippen LogP contribution is -2.28. The number of phenols is 2. The summed E-state index contributed by atoms with van der Waals surface area (Å²) >= 11 is 0. The minimum atomic E-state index is -0.00773. The molecule has 4 heteroatoms. The Morgan fingerprint density at radius 1 is 1.00 bits per heavy atom. The zero-order valence-corrected chi connectivity index (χ0v) is 8.79. The molecule has 2 aromatic rings. The minimum absolute atomic E-state index is 0.00773. The van der Waals surface area contributed by atoms with Crippen LogP contribution in [0.15, 0.2) is 42.7 Å². The highest BCUT2D eigenvalue weighted by atomic mass is 16.5. The number of ether oxygens (including phenoxy) is 1. The van der Waals surface area contributed by atoms with Gasteiger partial charge < -0.3 is 14.9 Å². The van der Waals surface area contributed by atoms with Crippen LogP contribution in [0.2, 0.25) is 0 Å². The lowest BCUT2D eigenvalue weighted by atomic mass is 10.2. The highest BCUT2D eigenvalue weighted by Gasteiger charge is 2.16. The minimum Gasteiger partial charge on any atom is -0.504 e. The van der Waals surface area contributed by atoms with Crippen molar-refractivity contribution in [1.82, 2.24) is 0 Å². The van der Waals surface area contributed by atoms with Gasteiger partial charge in [-0.15, -0.1) is 0 Å². The highest BCUT2D eigenvalue weighted by Crippen LogP contribution is 2.32. The molecule has 0 aliphatic carbocycles. The fourth-order valence-corrected chi connectivity index (χ4v) is 1.48. The van der Waals surface area contributed by atoms with Crippen molar-refractivity contribution in [2.24, 2.45) is 0 Å². The van der Waals surface area contributed by atoms with Gasteiger partial charge in [-0.1, -0.05) is 6.07 Å². The molecule has 0 atom stereocenters. The van der Waals surface area contributed by atoms with Crippen LogP contribution < -0.4 is 9.30 Å². The second-order valence-corrected chi connectivity index (χ2v) is 3.30. The first-order chi connectivity index (χ1) is 7.72. The van der Waals surface area contributed by atoms with E-state index in [0.717, 1.165) is 0 Å². The maximum atomic E-state index is 9.79. The molecule has 4 nitrogen and oxygen atoms in total. The normalized spacial score (nSPS) is 10.1. The van der Waals surface area contributed by atoms with E-state index in [2.05, 4.69) is 0 Å². The molecule has 1 heterocycles. The Morgan fingerprint density at radius 2 is 1.69 bits per heavy atom. The van der Waals surface area contributed by atoms with E-state index in [1.807, 2.05) is 18.2 Å². The van der Waals surface area contributed by atoms with Crippen LogP contribution in [0.3, 0.4) is 0 Å². The van der Waals surface area contributed by atoms with Gasteiger partial charge in [0.2, 0.25) is 0 Å². The molecule has 0 saturated heterocycles. The molecule has 0 spiro atoms. The van der Waals surface area contributed by atoms with E-state index in [1.165, 1.54) is 19.2 Å². The second-order valence-electron chi connectivity index (χ2n) is 3.30. The van der Waals surface area contributed by atoms with Crippen molar-refractivity contribution >= 4 is 0 Å². The monoisotopic (exact) mass is 218 g/mol. The second kappa shape index (κ2) is 4.10. The molecule has 0 aliphatic heterocycles. The largest absolute Gasteiger partial charge is 0.504 e. The fraction of sp³-hybridized carbons (Fsp3) is 0.0833. The average Bonchev–Trinajstić information content (AvgIpc) is 2.32. The number of aromatic hydroxyl groups is 2. The van der Waals surface area contributed by atoms with E-state index in [4.69, 9.17) is 4.74 Å². The van der Waals surface area contributed by atoms with Gasteiger partial charge in [0, 0.05) is 18.2 Å². The van der Waals surface area contributed by atoms with Gasteiger partial charge in [-0.2, -0.15) is 4.57 Å². The average molecular weight is 218 g/mol. The van der Waals surface area contributed by atoms with Gasteiger partial charge in [-0.3, -0.25) is 0 Å². The van der Waals surface area contributed by atoms with Crippen LogP contribution in [0.1, 0.15) is 0 Å². The standard InChI is InChI=1S/C12H11NO3/c1-16-12-8-10(14)9(7-11(12)15)13-5-3-2-4-6-13/h2-8H,1H3,(H-,14,15)/p+1. The first kappa shape index (κ1) is 10.3. The van der Waals surface area contributed by atoms with Crippen LogP contribution in [-0.4, -0.2) is 17.3 Å². The molecule has 1 aromatic carbocycles. The maximum Gasteiger partial charge on any atom is 0.256 e. The number of nitrogens with zero attached hydrogens (tertiary/aromatic N) is 1. The summed E-state index contributed by atoms with van der Waals surface area (Å²) in [5.74, 6) is 0.287. The molecule has 0 aliphatic rings. The Labute approximate surface area is 93.0 Å². The van der Waals surface area contributed by atoms with Crippen LogP contribution in [0.4, 0.5) is 0 Å². The summed E-state index contributed by atoms with van der Waals surface area (Å²) < 4.78 is 6.60. The van der Waals surface area contributed by atoms with Crippen molar-refractivity contribution in [3.63, 3.8) is 0 Å². The van der Waals surface area contributed by atoms with Crippen molar-refractivity contribution < 1.29 is 19.5 Å². The SMILES string of the molecule is COc1cc(O)c(-[n+]2ccccc2)cc1O. The number of aromatic nitrogens is 1. The van der Waals surface area contributed by atoms with Crippen molar-refractivity contribution in [2.75, 3.05) is 7.11 Å². The zero-order valence-electron chi connectivity index (χ0n) is 8.79. The summed E-state index contributed by atoms with van der Waals surface area (Å²) in [5, 5.41) is 19.4. The van der Waals surface area contributed by atoms with Crippen LogP contribution in [-0.2, 0) is 0 Å². The molecule has 0 amide bonds. The summed E-state index contributed by atoms with van der Waals surface area (Å²) in [5.41, 5.74) is 0.499. The first-order valence-electron chi connectivity index (χ1n) is 4.79. The third kappa shape index (κ3) is 1.77. The van der Waals surface area contributed by atoms with Gasteiger partial charge in [-0.25, -0.2) is 0 Å². The molecule has 2 rings (SSSR count). The molecule has 0 unspecified atom stereocenters. The number of hydrogen-bond acceptors (Lipinski definition) is 3. The topological polar surface area (TPSA) is 53.6 Å². The number of methoxy groups -OCH3 is 1. The summed E-state index contributed by atoms with van der Waals surface area (Å²) in [4.78, 5) is 0. The molecule has 0 fully saturated rings. The molecule has 1 aromatic heterocycles. The Kier molecular flexibility index (Phi) is 2.64. The Hall–Kier alpha value is -2.23. The van der Waals surface area contributed by atoms with E-state index in [9.17, 15) is 10.2 Å². The smallest absolute Gasteiger partial charge is 0.256 e. The third-order valence-electron chi connectivity index (χ3n) is 2.27. The molecule has 0 bridgehead atoms. The van der Waals surface area contributed by atoms with Crippen molar-refractivity contribution in [3.8, 4) is 22.9 Å². The third-order valence-corrected chi connectivity index (χ3v) is 2.27. The molecule has 0 radical (unpaired) electrons. The first-order valence-corrected chi connectivity index (χ1v) is 4.79. The summed E-state index contributed by atoms with van der Waals surface area (Å²) in [6.07, 6.45) is 3.56. The van der Waals surface area contributed by atoms with E-state index < -0.39 is 0 Å². The Bertz CT molecular complexity index is 497. The quantitative estimate of drug-likeness (QED) is 0.591. The van der Waals surface area contributed by atoms with Crippen molar-refractivity contribution in [1.29, 1.82) is 0 Å². The molecule has 82 valence electrons. The Morgan fingerprint density at radius 3 is 2.31 bits per heavy atom. The van der Waals surface area contributed by atoms with Crippen LogP contribution >= 0.6 is 0 Å². The number of rotatable bonds is 2. The molecular formula is C12H12NO3+. The number of pyridine rings is 1. The molecule has 16 heavy (non-hydrogen) atoms. The van der Waals surface area contributed by atoms with Crippen LogP contribution in [0.5, 0.6) is 17.2 Å². The van der Waals surface area contributed by atoms with Gasteiger partial charge in [0.1, 0.15) is 0 Å². The number of hydrogen-bond donors (Lipinski definition) is 2. The number of benzene rings is 1. The fourth-order valence-electron chi connectivity index (χ4n) is 1.48.